The molecule has 1 N–H and O–H groups in total. The fourth-order valence-electron chi connectivity index (χ4n) is 2.49. The van der Waals surface area contributed by atoms with Crippen LogP contribution in [0.2, 0.25) is 0 Å². The van der Waals surface area contributed by atoms with E-state index in [9.17, 15) is 4.79 Å². The maximum absolute atomic E-state index is 11.9. The number of rotatable bonds is 6. The van der Waals surface area contributed by atoms with Gasteiger partial charge in [-0.25, -0.2) is 0 Å². The lowest BCUT2D eigenvalue weighted by Gasteiger charge is -2.39. The third-order valence-corrected chi connectivity index (χ3v) is 3.49. The van der Waals surface area contributed by atoms with Crippen LogP contribution in [-0.2, 0) is 14.3 Å². The first-order chi connectivity index (χ1) is 8.97. The van der Waals surface area contributed by atoms with E-state index in [4.69, 9.17) is 9.47 Å². The minimum atomic E-state index is -0.274. The molecule has 0 spiro atoms. The van der Waals surface area contributed by atoms with Crippen molar-refractivity contribution in [3.63, 3.8) is 0 Å². The standard InChI is InChI=1S/C14H28N2O3/c1-6-12-9-19-11(4)7-16(12)8-13(14(17)18-5)15-10(2)3/h10-13,15H,6-9H2,1-5H3. The Balaban J connectivity index is 2.66. The molecule has 0 bridgehead atoms. The first-order valence-electron chi connectivity index (χ1n) is 7.17. The van der Waals surface area contributed by atoms with Crippen LogP contribution in [-0.4, -0.2) is 61.9 Å². The Kier molecular flexibility index (Phi) is 6.75. The molecule has 1 saturated heterocycles. The molecule has 112 valence electrons. The lowest BCUT2D eigenvalue weighted by Crippen LogP contribution is -2.56. The summed E-state index contributed by atoms with van der Waals surface area (Å²) in [4.78, 5) is 14.2. The lowest BCUT2D eigenvalue weighted by molar-refractivity contribution is -0.145. The minimum absolute atomic E-state index is 0.192. The van der Waals surface area contributed by atoms with E-state index >= 15 is 0 Å². The fraction of sp³-hybridized carbons (Fsp3) is 0.929. The first-order valence-corrected chi connectivity index (χ1v) is 7.17. The Morgan fingerprint density at radius 1 is 1.53 bits per heavy atom. The number of methoxy groups -OCH3 is 1. The van der Waals surface area contributed by atoms with Gasteiger partial charge in [-0.3, -0.25) is 9.69 Å². The van der Waals surface area contributed by atoms with E-state index in [2.05, 4.69) is 24.1 Å². The third kappa shape index (κ3) is 5.09. The Morgan fingerprint density at radius 3 is 2.74 bits per heavy atom. The summed E-state index contributed by atoms with van der Waals surface area (Å²) in [5.74, 6) is -0.192. The van der Waals surface area contributed by atoms with E-state index < -0.39 is 0 Å². The minimum Gasteiger partial charge on any atom is -0.468 e. The summed E-state index contributed by atoms with van der Waals surface area (Å²) in [6, 6.07) is 0.365. The monoisotopic (exact) mass is 272 g/mol. The topological polar surface area (TPSA) is 50.8 Å². The van der Waals surface area contributed by atoms with Crippen LogP contribution in [0.4, 0.5) is 0 Å². The molecular weight excluding hydrogens is 244 g/mol. The normalized spacial score (nSPS) is 26.4. The van der Waals surface area contributed by atoms with Crippen LogP contribution < -0.4 is 5.32 Å². The Labute approximate surface area is 116 Å². The Hall–Kier alpha value is -0.650. The summed E-state index contributed by atoms with van der Waals surface area (Å²) in [5, 5.41) is 3.28. The molecule has 0 aromatic rings. The highest BCUT2D eigenvalue weighted by Crippen LogP contribution is 2.15. The third-order valence-electron chi connectivity index (χ3n) is 3.49. The van der Waals surface area contributed by atoms with Gasteiger partial charge >= 0.3 is 5.97 Å². The summed E-state index contributed by atoms with van der Waals surface area (Å²) in [7, 11) is 1.44. The van der Waals surface area contributed by atoms with Gasteiger partial charge in [0.05, 0.1) is 19.8 Å². The van der Waals surface area contributed by atoms with Crippen LogP contribution in [0.1, 0.15) is 34.1 Å². The van der Waals surface area contributed by atoms with Crippen molar-refractivity contribution < 1.29 is 14.3 Å². The van der Waals surface area contributed by atoms with Gasteiger partial charge in [-0.15, -0.1) is 0 Å². The van der Waals surface area contributed by atoms with Crippen LogP contribution in [0.25, 0.3) is 0 Å². The van der Waals surface area contributed by atoms with Gasteiger partial charge in [-0.1, -0.05) is 20.8 Å². The van der Waals surface area contributed by atoms with E-state index in [1.165, 1.54) is 7.11 Å². The van der Waals surface area contributed by atoms with Crippen molar-refractivity contribution in [3.05, 3.63) is 0 Å². The molecule has 5 heteroatoms. The van der Waals surface area contributed by atoms with Crippen LogP contribution >= 0.6 is 0 Å². The van der Waals surface area contributed by atoms with Crippen LogP contribution in [0.3, 0.4) is 0 Å². The SMILES string of the molecule is CCC1COC(C)CN1CC(NC(C)C)C(=O)OC. The highest BCUT2D eigenvalue weighted by atomic mass is 16.5. The zero-order chi connectivity index (χ0) is 14.4. The van der Waals surface area contributed by atoms with Crippen molar-refractivity contribution >= 4 is 5.97 Å². The van der Waals surface area contributed by atoms with E-state index in [1.807, 2.05) is 13.8 Å². The number of ether oxygens (including phenoxy) is 2. The second-order valence-electron chi connectivity index (χ2n) is 5.56. The van der Waals surface area contributed by atoms with E-state index in [0.717, 1.165) is 19.6 Å². The number of nitrogens with one attached hydrogen (secondary N) is 1. The van der Waals surface area contributed by atoms with E-state index in [1.54, 1.807) is 0 Å². The molecule has 19 heavy (non-hydrogen) atoms. The maximum atomic E-state index is 11.9. The fourth-order valence-corrected chi connectivity index (χ4v) is 2.49. The summed E-state index contributed by atoms with van der Waals surface area (Å²) in [5.41, 5.74) is 0. The molecule has 0 saturated carbocycles. The number of hydrogen-bond acceptors (Lipinski definition) is 5. The molecule has 1 heterocycles. The number of morpholine rings is 1. The molecule has 3 unspecified atom stereocenters. The maximum Gasteiger partial charge on any atom is 0.324 e. The number of nitrogens with zero attached hydrogens (tertiary/aromatic N) is 1. The average Bonchev–Trinajstić information content (AvgIpc) is 2.36. The van der Waals surface area contributed by atoms with Gasteiger partial charge in [0.1, 0.15) is 6.04 Å². The van der Waals surface area contributed by atoms with Gasteiger partial charge in [0.2, 0.25) is 0 Å². The lowest BCUT2D eigenvalue weighted by atomic mass is 10.1. The number of carbonyl (C=O) groups excluding carboxylic acids is 1. The van der Waals surface area contributed by atoms with Crippen LogP contribution in [0.15, 0.2) is 0 Å². The number of esters is 1. The molecule has 1 rings (SSSR count). The zero-order valence-corrected chi connectivity index (χ0v) is 12.8. The van der Waals surface area contributed by atoms with Gasteiger partial charge in [0.15, 0.2) is 0 Å². The van der Waals surface area contributed by atoms with Crippen LogP contribution in [0, 0.1) is 0 Å². The van der Waals surface area contributed by atoms with Gasteiger partial charge in [-0.2, -0.15) is 0 Å². The predicted molar refractivity (Wildman–Crippen MR) is 75.1 cm³/mol. The highest BCUT2D eigenvalue weighted by Gasteiger charge is 2.30. The second kappa shape index (κ2) is 7.82. The largest absolute Gasteiger partial charge is 0.468 e. The molecule has 5 nitrogen and oxygen atoms in total. The molecule has 0 aromatic heterocycles. The van der Waals surface area contributed by atoms with Crippen molar-refractivity contribution in [3.8, 4) is 0 Å². The Bertz CT molecular complexity index is 284. The van der Waals surface area contributed by atoms with Gasteiger partial charge in [0, 0.05) is 25.2 Å². The average molecular weight is 272 g/mol. The first kappa shape index (κ1) is 16.4. The van der Waals surface area contributed by atoms with Gasteiger partial charge in [-0.05, 0) is 13.3 Å². The van der Waals surface area contributed by atoms with Crippen molar-refractivity contribution in [2.24, 2.45) is 0 Å². The van der Waals surface area contributed by atoms with Gasteiger partial charge < -0.3 is 14.8 Å². The van der Waals surface area contributed by atoms with Crippen molar-refractivity contribution in [1.82, 2.24) is 10.2 Å². The molecule has 1 aliphatic rings. The Morgan fingerprint density at radius 2 is 2.21 bits per heavy atom. The number of carbonyl (C=O) groups is 1. The molecule has 3 atom stereocenters. The van der Waals surface area contributed by atoms with Crippen molar-refractivity contribution in [1.29, 1.82) is 0 Å². The summed E-state index contributed by atoms with van der Waals surface area (Å²) >= 11 is 0. The second-order valence-corrected chi connectivity index (χ2v) is 5.56. The van der Waals surface area contributed by atoms with E-state index in [0.29, 0.717) is 12.6 Å². The summed E-state index contributed by atoms with van der Waals surface area (Å²) in [6.45, 7) is 10.6. The predicted octanol–water partition coefficient (Wildman–Crippen LogP) is 1.03. The number of hydrogen-bond donors (Lipinski definition) is 1. The van der Waals surface area contributed by atoms with Crippen molar-refractivity contribution in [2.45, 2.75) is 58.3 Å². The molecule has 0 aliphatic carbocycles. The molecule has 0 aromatic carbocycles. The molecule has 0 radical (unpaired) electrons. The molecule has 1 aliphatic heterocycles. The molecular formula is C14H28N2O3. The van der Waals surface area contributed by atoms with Crippen molar-refractivity contribution in [2.75, 3.05) is 26.8 Å². The van der Waals surface area contributed by atoms with E-state index in [-0.39, 0.29) is 24.2 Å². The zero-order valence-electron chi connectivity index (χ0n) is 12.8. The smallest absolute Gasteiger partial charge is 0.324 e. The molecule has 0 amide bonds. The summed E-state index contributed by atoms with van der Waals surface area (Å²) in [6.07, 6.45) is 1.25. The highest BCUT2D eigenvalue weighted by molar-refractivity contribution is 5.76. The molecule has 1 fully saturated rings. The van der Waals surface area contributed by atoms with Crippen LogP contribution in [0.5, 0.6) is 0 Å². The van der Waals surface area contributed by atoms with Gasteiger partial charge in [0.25, 0.3) is 0 Å². The summed E-state index contributed by atoms with van der Waals surface area (Å²) < 4.78 is 10.6. The quantitative estimate of drug-likeness (QED) is 0.732.